The molecule has 3 N–H and O–H groups in total. The Balaban J connectivity index is 2.00. The van der Waals surface area contributed by atoms with Gasteiger partial charge in [-0.05, 0) is 30.7 Å². The summed E-state index contributed by atoms with van der Waals surface area (Å²) in [4.78, 5) is 23.9. The Morgan fingerprint density at radius 3 is 2.95 bits per heavy atom. The highest BCUT2D eigenvalue weighted by Crippen LogP contribution is 2.32. The van der Waals surface area contributed by atoms with Crippen LogP contribution in [0.1, 0.15) is 31.2 Å². The summed E-state index contributed by atoms with van der Waals surface area (Å²) in [5.74, 6) is -1.45. The monoisotopic (exact) mass is 293 g/mol. The van der Waals surface area contributed by atoms with E-state index in [0.29, 0.717) is 24.3 Å². The summed E-state index contributed by atoms with van der Waals surface area (Å²) in [5, 5.41) is 8.60. The number of anilines is 1. The third kappa shape index (κ3) is 4.01. The van der Waals surface area contributed by atoms with Crippen molar-refractivity contribution < 1.29 is 14.0 Å². The molecule has 1 heterocycles. The molecule has 1 aromatic rings. The highest BCUT2D eigenvalue weighted by Gasteiger charge is 2.30. The molecule has 0 radical (unpaired) electrons. The van der Waals surface area contributed by atoms with Gasteiger partial charge in [-0.25, -0.2) is 4.39 Å². The van der Waals surface area contributed by atoms with Gasteiger partial charge in [0.05, 0.1) is 5.92 Å². The van der Waals surface area contributed by atoms with E-state index in [1.165, 1.54) is 12.1 Å². The van der Waals surface area contributed by atoms with Gasteiger partial charge >= 0.3 is 0 Å². The molecule has 1 aliphatic heterocycles. The molecule has 0 spiro atoms. The Kier molecular flexibility index (Phi) is 5.27. The Morgan fingerprint density at radius 1 is 1.38 bits per heavy atom. The minimum Gasteiger partial charge on any atom is -0.354 e. The van der Waals surface area contributed by atoms with Crippen LogP contribution in [0.15, 0.2) is 18.2 Å². The van der Waals surface area contributed by atoms with Crippen LogP contribution in [0.5, 0.6) is 0 Å². The normalized spacial score (nSPS) is 17.0. The zero-order chi connectivity index (χ0) is 15.2. The van der Waals surface area contributed by atoms with Crippen LogP contribution in [0.2, 0.25) is 0 Å². The molecule has 0 saturated carbocycles. The second kappa shape index (κ2) is 7.17. The van der Waals surface area contributed by atoms with Crippen molar-refractivity contribution in [2.75, 3.05) is 25.0 Å². The standard InChI is InChI=1S/C15H20FN3O2/c1-2-5-17-6-7-18-15(21)12-9-14(20)19-13-8-10(16)3-4-11(12)13/h3-4,8,12,17H,2,5-7,9H2,1H3,(H,18,21)(H,19,20). The molecule has 0 aliphatic carbocycles. The number of carbonyl (C=O) groups is 2. The topological polar surface area (TPSA) is 70.2 Å². The van der Waals surface area contributed by atoms with Crippen LogP contribution in [0.25, 0.3) is 0 Å². The minimum atomic E-state index is -0.555. The average Bonchev–Trinajstić information content (AvgIpc) is 2.45. The van der Waals surface area contributed by atoms with Crippen LogP contribution in [-0.4, -0.2) is 31.4 Å². The molecule has 0 fully saturated rings. The number of carbonyl (C=O) groups excluding carboxylic acids is 2. The Hall–Kier alpha value is -1.95. The average molecular weight is 293 g/mol. The third-order valence-corrected chi connectivity index (χ3v) is 3.40. The Bertz CT molecular complexity index is 534. The summed E-state index contributed by atoms with van der Waals surface area (Å²) in [6, 6.07) is 4.11. The first-order valence-electron chi connectivity index (χ1n) is 7.19. The van der Waals surface area contributed by atoms with Crippen molar-refractivity contribution in [1.82, 2.24) is 10.6 Å². The summed E-state index contributed by atoms with van der Waals surface area (Å²) in [6.07, 6.45) is 1.13. The fourth-order valence-electron chi connectivity index (χ4n) is 2.37. The maximum Gasteiger partial charge on any atom is 0.228 e. The van der Waals surface area contributed by atoms with E-state index in [9.17, 15) is 14.0 Å². The molecule has 0 bridgehead atoms. The van der Waals surface area contributed by atoms with Crippen LogP contribution in [0.4, 0.5) is 10.1 Å². The van der Waals surface area contributed by atoms with Gasteiger partial charge in [-0.1, -0.05) is 13.0 Å². The van der Waals surface area contributed by atoms with Gasteiger partial charge in [0.25, 0.3) is 0 Å². The second-order valence-electron chi connectivity index (χ2n) is 5.08. The van der Waals surface area contributed by atoms with Crippen LogP contribution >= 0.6 is 0 Å². The molecule has 5 nitrogen and oxygen atoms in total. The second-order valence-corrected chi connectivity index (χ2v) is 5.08. The summed E-state index contributed by atoms with van der Waals surface area (Å²) in [5.41, 5.74) is 1.05. The van der Waals surface area contributed by atoms with Crippen LogP contribution in [0, 0.1) is 5.82 Å². The summed E-state index contributed by atoms with van der Waals surface area (Å²) < 4.78 is 13.2. The van der Waals surface area contributed by atoms with E-state index < -0.39 is 11.7 Å². The quantitative estimate of drug-likeness (QED) is 0.694. The first-order chi connectivity index (χ1) is 10.1. The van der Waals surface area contributed by atoms with E-state index in [-0.39, 0.29) is 18.2 Å². The van der Waals surface area contributed by atoms with E-state index in [0.717, 1.165) is 13.0 Å². The molecule has 1 atom stereocenters. The van der Waals surface area contributed by atoms with Crippen LogP contribution < -0.4 is 16.0 Å². The van der Waals surface area contributed by atoms with E-state index >= 15 is 0 Å². The van der Waals surface area contributed by atoms with Gasteiger partial charge in [-0.2, -0.15) is 0 Å². The maximum absolute atomic E-state index is 13.2. The molecule has 114 valence electrons. The first-order valence-corrected chi connectivity index (χ1v) is 7.19. The molecular weight excluding hydrogens is 273 g/mol. The smallest absolute Gasteiger partial charge is 0.228 e. The van der Waals surface area contributed by atoms with E-state index in [4.69, 9.17) is 0 Å². The summed E-state index contributed by atoms with van der Waals surface area (Å²) in [7, 11) is 0. The van der Waals surface area contributed by atoms with Gasteiger partial charge in [0, 0.05) is 25.2 Å². The number of hydrogen-bond donors (Lipinski definition) is 3. The molecule has 1 aliphatic rings. The lowest BCUT2D eigenvalue weighted by molar-refractivity contribution is -0.126. The molecule has 2 rings (SSSR count). The molecular formula is C15H20FN3O2. The van der Waals surface area contributed by atoms with Crippen molar-refractivity contribution >= 4 is 17.5 Å². The summed E-state index contributed by atoms with van der Waals surface area (Å²) in [6.45, 7) is 4.17. The van der Waals surface area contributed by atoms with Gasteiger partial charge in [0.15, 0.2) is 0 Å². The lowest BCUT2D eigenvalue weighted by atomic mass is 9.89. The molecule has 1 aromatic carbocycles. The van der Waals surface area contributed by atoms with Gasteiger partial charge in [0.1, 0.15) is 5.82 Å². The van der Waals surface area contributed by atoms with Crippen molar-refractivity contribution in [1.29, 1.82) is 0 Å². The minimum absolute atomic E-state index is 0.0901. The largest absolute Gasteiger partial charge is 0.354 e. The number of hydrogen-bond acceptors (Lipinski definition) is 3. The molecule has 6 heteroatoms. The SMILES string of the molecule is CCCNCCNC(=O)C1CC(=O)Nc2cc(F)ccc21. The van der Waals surface area contributed by atoms with Crippen molar-refractivity contribution in [2.24, 2.45) is 0 Å². The zero-order valence-corrected chi connectivity index (χ0v) is 12.0. The number of nitrogens with one attached hydrogen (secondary N) is 3. The van der Waals surface area contributed by atoms with E-state index in [1.807, 2.05) is 0 Å². The van der Waals surface area contributed by atoms with Gasteiger partial charge in [-0.3, -0.25) is 9.59 Å². The highest BCUT2D eigenvalue weighted by atomic mass is 19.1. The van der Waals surface area contributed by atoms with Gasteiger partial charge in [-0.15, -0.1) is 0 Å². The molecule has 21 heavy (non-hydrogen) atoms. The number of fused-ring (bicyclic) bond motifs is 1. The molecule has 2 amide bonds. The van der Waals surface area contributed by atoms with Crippen LogP contribution in [0.3, 0.4) is 0 Å². The Morgan fingerprint density at radius 2 is 2.19 bits per heavy atom. The van der Waals surface area contributed by atoms with Gasteiger partial charge in [0.2, 0.25) is 11.8 Å². The number of rotatable bonds is 6. The van der Waals surface area contributed by atoms with Crippen molar-refractivity contribution in [2.45, 2.75) is 25.7 Å². The lowest BCUT2D eigenvalue weighted by Crippen LogP contribution is -2.38. The van der Waals surface area contributed by atoms with Crippen LogP contribution in [-0.2, 0) is 9.59 Å². The lowest BCUT2D eigenvalue weighted by Gasteiger charge is -2.24. The van der Waals surface area contributed by atoms with E-state index in [1.54, 1.807) is 6.07 Å². The van der Waals surface area contributed by atoms with Crippen molar-refractivity contribution in [3.63, 3.8) is 0 Å². The molecule has 0 saturated heterocycles. The van der Waals surface area contributed by atoms with Crippen molar-refractivity contribution in [3.05, 3.63) is 29.6 Å². The predicted octanol–water partition coefficient (Wildman–Crippen LogP) is 1.37. The summed E-state index contributed by atoms with van der Waals surface area (Å²) >= 11 is 0. The fraction of sp³-hybridized carbons (Fsp3) is 0.467. The number of benzene rings is 1. The number of halogens is 1. The third-order valence-electron chi connectivity index (χ3n) is 3.40. The fourth-order valence-corrected chi connectivity index (χ4v) is 2.37. The highest BCUT2D eigenvalue weighted by molar-refractivity contribution is 6.01. The Labute approximate surface area is 123 Å². The zero-order valence-electron chi connectivity index (χ0n) is 12.0. The first kappa shape index (κ1) is 15.4. The van der Waals surface area contributed by atoms with Gasteiger partial charge < -0.3 is 16.0 Å². The van der Waals surface area contributed by atoms with E-state index in [2.05, 4.69) is 22.9 Å². The molecule has 0 aromatic heterocycles. The van der Waals surface area contributed by atoms with Crippen molar-refractivity contribution in [3.8, 4) is 0 Å². The maximum atomic E-state index is 13.2. The predicted molar refractivity (Wildman–Crippen MR) is 78.6 cm³/mol. The number of amides is 2. The molecule has 1 unspecified atom stereocenters.